The molecule has 0 bridgehead atoms. The Balaban J connectivity index is 2.22. The van der Waals surface area contributed by atoms with Crippen LogP contribution in [0.15, 0.2) is 18.2 Å². The van der Waals surface area contributed by atoms with Crippen LogP contribution in [-0.4, -0.2) is 17.4 Å². The van der Waals surface area contributed by atoms with E-state index in [1.54, 1.807) is 0 Å². The summed E-state index contributed by atoms with van der Waals surface area (Å²) < 4.78 is 14.0. The van der Waals surface area contributed by atoms with E-state index >= 15 is 0 Å². The van der Waals surface area contributed by atoms with E-state index in [1.165, 1.54) is 12.1 Å². The van der Waals surface area contributed by atoms with Crippen molar-refractivity contribution in [3.05, 3.63) is 39.7 Å². The lowest BCUT2D eigenvalue weighted by atomic mass is 9.94. The van der Waals surface area contributed by atoms with Gasteiger partial charge in [0, 0.05) is 18.2 Å². The molecule has 5 nitrogen and oxygen atoms in total. The summed E-state index contributed by atoms with van der Waals surface area (Å²) in [6.07, 6.45) is 1.15. The second kappa shape index (κ2) is 5.19. The molecule has 6 heteroatoms. The number of carbonyl (C=O) groups excluding carboxylic acids is 1. The van der Waals surface area contributed by atoms with Crippen LogP contribution < -0.4 is 5.32 Å². The molecule has 0 atom stereocenters. The molecule has 108 valence electrons. The summed E-state index contributed by atoms with van der Waals surface area (Å²) in [7, 11) is 0. The Morgan fingerprint density at radius 3 is 2.60 bits per heavy atom. The fourth-order valence-electron chi connectivity index (χ4n) is 2.22. The Kier molecular flexibility index (Phi) is 3.74. The van der Waals surface area contributed by atoms with Crippen LogP contribution in [0, 0.1) is 21.8 Å². The molecule has 1 amide bonds. The van der Waals surface area contributed by atoms with Gasteiger partial charge in [-0.3, -0.25) is 14.9 Å². The zero-order valence-corrected chi connectivity index (χ0v) is 11.5. The first-order valence-corrected chi connectivity index (χ1v) is 6.59. The third-order valence-electron chi connectivity index (χ3n) is 3.53. The quantitative estimate of drug-likeness (QED) is 0.665. The lowest BCUT2D eigenvalue weighted by molar-refractivity contribution is -0.385. The van der Waals surface area contributed by atoms with E-state index in [0.717, 1.165) is 6.07 Å². The van der Waals surface area contributed by atoms with Crippen LogP contribution >= 0.6 is 0 Å². The molecule has 20 heavy (non-hydrogen) atoms. The predicted molar refractivity (Wildman–Crippen MR) is 71.8 cm³/mol. The molecular formula is C14H17FN2O3. The molecule has 0 aromatic heterocycles. The molecule has 1 aromatic carbocycles. The molecule has 0 aliphatic heterocycles. The number of hydrogen-bond donors (Lipinski definition) is 1. The van der Waals surface area contributed by atoms with E-state index in [9.17, 15) is 19.3 Å². The molecule has 0 unspecified atom stereocenters. The van der Waals surface area contributed by atoms with Crippen LogP contribution in [0.5, 0.6) is 0 Å². The third-order valence-corrected chi connectivity index (χ3v) is 3.53. The van der Waals surface area contributed by atoms with E-state index in [-0.39, 0.29) is 17.2 Å². The Morgan fingerprint density at radius 2 is 2.15 bits per heavy atom. The number of benzene rings is 1. The minimum atomic E-state index is -0.839. The van der Waals surface area contributed by atoms with Crippen molar-refractivity contribution in [1.29, 1.82) is 0 Å². The van der Waals surface area contributed by atoms with E-state index in [1.807, 2.05) is 13.8 Å². The lowest BCUT2D eigenvalue weighted by Gasteiger charge is -2.17. The highest BCUT2D eigenvalue weighted by Crippen LogP contribution is 2.49. The first-order chi connectivity index (χ1) is 9.36. The average molecular weight is 280 g/mol. The molecule has 2 rings (SSSR count). The maximum atomic E-state index is 14.0. The van der Waals surface area contributed by atoms with Crippen LogP contribution in [-0.2, 0) is 10.2 Å². The number of nitro groups is 1. The second-order valence-electron chi connectivity index (χ2n) is 5.61. The summed E-state index contributed by atoms with van der Waals surface area (Å²) in [5, 5.41) is 13.4. The molecule has 1 saturated carbocycles. The Morgan fingerprint density at radius 1 is 1.50 bits per heavy atom. The molecule has 1 N–H and O–H groups in total. The van der Waals surface area contributed by atoms with Gasteiger partial charge >= 0.3 is 0 Å². The van der Waals surface area contributed by atoms with Gasteiger partial charge in [-0.05, 0) is 24.8 Å². The van der Waals surface area contributed by atoms with Crippen LogP contribution in [0.3, 0.4) is 0 Å². The predicted octanol–water partition coefficient (Wildman–Crippen LogP) is 2.54. The highest BCUT2D eigenvalue weighted by atomic mass is 19.1. The zero-order chi connectivity index (χ0) is 14.9. The topological polar surface area (TPSA) is 72.2 Å². The molecule has 0 radical (unpaired) electrons. The second-order valence-corrected chi connectivity index (χ2v) is 5.61. The Labute approximate surface area is 116 Å². The van der Waals surface area contributed by atoms with Gasteiger partial charge in [-0.25, -0.2) is 4.39 Å². The first-order valence-electron chi connectivity index (χ1n) is 6.59. The maximum Gasteiger partial charge on any atom is 0.272 e. The van der Waals surface area contributed by atoms with Gasteiger partial charge in [0.25, 0.3) is 5.69 Å². The van der Waals surface area contributed by atoms with Gasteiger partial charge in [-0.1, -0.05) is 13.8 Å². The molecule has 1 aliphatic carbocycles. The molecule has 0 saturated heterocycles. The van der Waals surface area contributed by atoms with Crippen molar-refractivity contribution in [3.63, 3.8) is 0 Å². The van der Waals surface area contributed by atoms with Crippen LogP contribution in [0.1, 0.15) is 32.3 Å². The minimum absolute atomic E-state index is 0.195. The van der Waals surface area contributed by atoms with Crippen molar-refractivity contribution in [1.82, 2.24) is 5.32 Å². The zero-order valence-electron chi connectivity index (χ0n) is 11.5. The van der Waals surface area contributed by atoms with E-state index in [0.29, 0.717) is 25.3 Å². The van der Waals surface area contributed by atoms with Gasteiger partial charge in [-0.15, -0.1) is 0 Å². The standard InChI is InChI=1S/C14H17FN2O3/c1-9(2)8-16-13(18)14(5-6-14)11-4-3-10(17(19)20)7-12(11)15/h3-4,7,9H,5-6,8H2,1-2H3,(H,16,18). The van der Waals surface area contributed by atoms with Gasteiger partial charge in [0.05, 0.1) is 16.4 Å². The van der Waals surface area contributed by atoms with Crippen LogP contribution in [0.4, 0.5) is 10.1 Å². The lowest BCUT2D eigenvalue weighted by Crippen LogP contribution is -2.37. The fourth-order valence-corrected chi connectivity index (χ4v) is 2.22. The first kappa shape index (κ1) is 14.4. The van der Waals surface area contributed by atoms with E-state index in [2.05, 4.69) is 5.32 Å². The highest BCUT2D eigenvalue weighted by Gasteiger charge is 2.52. The van der Waals surface area contributed by atoms with Crippen molar-refractivity contribution < 1.29 is 14.1 Å². The van der Waals surface area contributed by atoms with Gasteiger partial charge in [0.1, 0.15) is 5.82 Å². The Hall–Kier alpha value is -1.98. The van der Waals surface area contributed by atoms with E-state index < -0.39 is 16.2 Å². The number of non-ortho nitro benzene ring substituents is 1. The normalized spacial score (nSPS) is 16.0. The number of carbonyl (C=O) groups is 1. The minimum Gasteiger partial charge on any atom is -0.355 e. The molecule has 0 spiro atoms. The Bertz CT molecular complexity index is 553. The van der Waals surface area contributed by atoms with Crippen LogP contribution in [0.25, 0.3) is 0 Å². The molecular weight excluding hydrogens is 263 g/mol. The van der Waals surface area contributed by atoms with Gasteiger partial charge < -0.3 is 5.32 Å². The van der Waals surface area contributed by atoms with Crippen LogP contribution in [0.2, 0.25) is 0 Å². The number of halogens is 1. The van der Waals surface area contributed by atoms with Gasteiger partial charge in [0.2, 0.25) is 5.91 Å². The number of nitro benzene ring substituents is 1. The monoisotopic (exact) mass is 280 g/mol. The summed E-state index contributed by atoms with van der Waals surface area (Å²) in [5.74, 6) is -0.563. The van der Waals surface area contributed by atoms with Crippen molar-refractivity contribution in [2.75, 3.05) is 6.54 Å². The van der Waals surface area contributed by atoms with Gasteiger partial charge in [0.15, 0.2) is 0 Å². The van der Waals surface area contributed by atoms with Crippen molar-refractivity contribution in [2.45, 2.75) is 32.1 Å². The maximum absolute atomic E-state index is 14.0. The van der Waals surface area contributed by atoms with Crippen molar-refractivity contribution in [2.24, 2.45) is 5.92 Å². The SMILES string of the molecule is CC(C)CNC(=O)C1(c2ccc([N+](=O)[O-])cc2F)CC1. The molecule has 0 heterocycles. The molecule has 1 aliphatic rings. The van der Waals surface area contributed by atoms with Crippen molar-refractivity contribution >= 4 is 11.6 Å². The molecule has 1 aromatic rings. The summed E-state index contributed by atoms with van der Waals surface area (Å²) in [4.78, 5) is 22.1. The summed E-state index contributed by atoms with van der Waals surface area (Å²) in [5.41, 5.74) is -0.886. The van der Waals surface area contributed by atoms with E-state index in [4.69, 9.17) is 0 Å². The average Bonchev–Trinajstić information content (AvgIpc) is 3.17. The van der Waals surface area contributed by atoms with Crippen molar-refractivity contribution in [3.8, 4) is 0 Å². The van der Waals surface area contributed by atoms with Gasteiger partial charge in [-0.2, -0.15) is 0 Å². The highest BCUT2D eigenvalue weighted by molar-refractivity contribution is 5.91. The summed E-state index contributed by atoms with van der Waals surface area (Å²) in [6, 6.07) is 3.48. The smallest absolute Gasteiger partial charge is 0.272 e. The third kappa shape index (κ3) is 2.64. The number of hydrogen-bond acceptors (Lipinski definition) is 3. The largest absolute Gasteiger partial charge is 0.355 e. The summed E-state index contributed by atoms with van der Waals surface area (Å²) in [6.45, 7) is 4.49. The summed E-state index contributed by atoms with van der Waals surface area (Å²) >= 11 is 0. The number of amides is 1. The number of nitrogens with zero attached hydrogens (tertiary/aromatic N) is 1. The number of nitrogens with one attached hydrogen (secondary N) is 1. The molecule has 1 fully saturated rings. The fraction of sp³-hybridized carbons (Fsp3) is 0.500. The number of rotatable bonds is 5.